The Bertz CT molecular complexity index is 731. The number of ether oxygens (including phenoxy) is 2. The highest BCUT2D eigenvalue weighted by molar-refractivity contribution is 5.92. The highest BCUT2D eigenvalue weighted by atomic mass is 16.5. The number of benzene rings is 1. The predicted molar refractivity (Wildman–Crippen MR) is 89.3 cm³/mol. The van der Waals surface area contributed by atoms with Gasteiger partial charge in [-0.15, -0.1) is 0 Å². The van der Waals surface area contributed by atoms with E-state index >= 15 is 0 Å². The SMILES string of the molecule is COc1ccc([C@H]2CCCN2C(=O)c2cnc(C)cn2)cc1OC. The molecule has 1 amide bonds. The van der Waals surface area contributed by atoms with Crippen LogP contribution in [0.25, 0.3) is 0 Å². The quantitative estimate of drug-likeness (QED) is 0.864. The minimum absolute atomic E-state index is 0.0143. The molecule has 0 saturated carbocycles. The van der Waals surface area contributed by atoms with Gasteiger partial charge in [-0.25, -0.2) is 4.98 Å². The van der Waals surface area contributed by atoms with Crippen molar-refractivity contribution in [2.45, 2.75) is 25.8 Å². The molecule has 1 fully saturated rings. The van der Waals surface area contributed by atoms with E-state index in [1.807, 2.05) is 30.0 Å². The number of hydrogen-bond donors (Lipinski definition) is 0. The van der Waals surface area contributed by atoms with Gasteiger partial charge < -0.3 is 14.4 Å². The summed E-state index contributed by atoms with van der Waals surface area (Å²) in [4.78, 5) is 23.0. The second-order valence-electron chi connectivity index (χ2n) is 5.81. The first-order valence-corrected chi connectivity index (χ1v) is 7.95. The first kappa shape index (κ1) is 16.2. The maximum Gasteiger partial charge on any atom is 0.274 e. The molecule has 2 heterocycles. The number of methoxy groups -OCH3 is 2. The van der Waals surface area contributed by atoms with Gasteiger partial charge in [-0.2, -0.15) is 0 Å². The van der Waals surface area contributed by atoms with Gasteiger partial charge in [0.1, 0.15) is 5.69 Å². The predicted octanol–water partition coefficient (Wildman–Crippen LogP) is 2.78. The Hall–Kier alpha value is -2.63. The van der Waals surface area contributed by atoms with Crippen molar-refractivity contribution in [2.75, 3.05) is 20.8 Å². The van der Waals surface area contributed by atoms with E-state index in [2.05, 4.69) is 9.97 Å². The Morgan fingerprint density at radius 1 is 1.17 bits per heavy atom. The minimum atomic E-state index is -0.0835. The Labute approximate surface area is 141 Å². The third-order valence-corrected chi connectivity index (χ3v) is 4.31. The van der Waals surface area contributed by atoms with Crippen LogP contribution >= 0.6 is 0 Å². The number of hydrogen-bond acceptors (Lipinski definition) is 5. The van der Waals surface area contributed by atoms with E-state index in [1.54, 1.807) is 26.6 Å². The number of carbonyl (C=O) groups excluding carboxylic acids is 1. The fourth-order valence-corrected chi connectivity index (χ4v) is 3.07. The van der Waals surface area contributed by atoms with Crippen molar-refractivity contribution in [3.8, 4) is 11.5 Å². The summed E-state index contributed by atoms with van der Waals surface area (Å²) >= 11 is 0. The molecular weight excluding hydrogens is 306 g/mol. The minimum Gasteiger partial charge on any atom is -0.493 e. The fourth-order valence-electron chi connectivity index (χ4n) is 3.07. The molecule has 0 unspecified atom stereocenters. The summed E-state index contributed by atoms with van der Waals surface area (Å²) < 4.78 is 10.7. The summed E-state index contributed by atoms with van der Waals surface area (Å²) in [6.07, 6.45) is 5.04. The molecule has 1 aliphatic rings. The maximum atomic E-state index is 12.8. The Kier molecular flexibility index (Phi) is 4.64. The van der Waals surface area contributed by atoms with E-state index in [-0.39, 0.29) is 11.9 Å². The molecule has 1 saturated heterocycles. The normalized spacial score (nSPS) is 17.0. The van der Waals surface area contributed by atoms with Gasteiger partial charge in [-0.05, 0) is 37.5 Å². The lowest BCUT2D eigenvalue weighted by Crippen LogP contribution is -2.31. The van der Waals surface area contributed by atoms with Crippen molar-refractivity contribution in [1.29, 1.82) is 0 Å². The van der Waals surface area contributed by atoms with E-state index < -0.39 is 0 Å². The van der Waals surface area contributed by atoms with E-state index in [9.17, 15) is 4.79 Å². The van der Waals surface area contributed by atoms with Crippen LogP contribution in [0.15, 0.2) is 30.6 Å². The first-order valence-electron chi connectivity index (χ1n) is 7.95. The second-order valence-corrected chi connectivity index (χ2v) is 5.81. The molecule has 3 rings (SSSR count). The molecule has 1 atom stereocenters. The van der Waals surface area contributed by atoms with Crippen molar-refractivity contribution in [2.24, 2.45) is 0 Å². The maximum absolute atomic E-state index is 12.8. The van der Waals surface area contributed by atoms with Gasteiger partial charge in [0.05, 0.1) is 32.2 Å². The van der Waals surface area contributed by atoms with Crippen molar-refractivity contribution in [3.63, 3.8) is 0 Å². The number of amides is 1. The van der Waals surface area contributed by atoms with Crippen molar-refractivity contribution < 1.29 is 14.3 Å². The lowest BCUT2D eigenvalue weighted by molar-refractivity contribution is 0.0729. The number of likely N-dealkylation sites (tertiary alicyclic amines) is 1. The molecule has 6 heteroatoms. The zero-order valence-corrected chi connectivity index (χ0v) is 14.2. The lowest BCUT2D eigenvalue weighted by atomic mass is 10.0. The topological polar surface area (TPSA) is 64.5 Å². The van der Waals surface area contributed by atoms with Crippen LogP contribution in [-0.4, -0.2) is 41.5 Å². The van der Waals surface area contributed by atoms with Crippen molar-refractivity contribution >= 4 is 5.91 Å². The van der Waals surface area contributed by atoms with Crippen LogP contribution < -0.4 is 9.47 Å². The lowest BCUT2D eigenvalue weighted by Gasteiger charge is -2.25. The van der Waals surface area contributed by atoms with Crippen LogP contribution in [-0.2, 0) is 0 Å². The molecule has 0 N–H and O–H groups in total. The van der Waals surface area contributed by atoms with Crippen molar-refractivity contribution in [1.82, 2.24) is 14.9 Å². The zero-order chi connectivity index (χ0) is 17.1. The number of nitrogens with zero attached hydrogens (tertiary/aromatic N) is 3. The third-order valence-electron chi connectivity index (χ3n) is 4.31. The molecule has 1 aromatic carbocycles. The molecular formula is C18H21N3O3. The van der Waals surface area contributed by atoms with E-state index in [0.29, 0.717) is 23.7 Å². The van der Waals surface area contributed by atoms with Gasteiger partial charge in [0.15, 0.2) is 11.5 Å². The second kappa shape index (κ2) is 6.86. The van der Waals surface area contributed by atoms with E-state index in [0.717, 1.165) is 24.1 Å². The number of aryl methyl sites for hydroxylation is 1. The number of carbonyl (C=O) groups is 1. The summed E-state index contributed by atoms with van der Waals surface area (Å²) in [7, 11) is 3.22. The van der Waals surface area contributed by atoms with Crippen LogP contribution in [0.5, 0.6) is 11.5 Å². The molecule has 6 nitrogen and oxygen atoms in total. The van der Waals surface area contributed by atoms with Gasteiger partial charge >= 0.3 is 0 Å². The standard InChI is InChI=1S/C18H21N3O3/c1-12-10-20-14(11-19-12)18(22)21-8-4-5-15(21)13-6-7-16(23-2)17(9-13)24-3/h6-7,9-11,15H,4-5,8H2,1-3H3/t15-/m1/s1. The van der Waals surface area contributed by atoms with E-state index in [4.69, 9.17) is 9.47 Å². The number of aromatic nitrogens is 2. The molecule has 126 valence electrons. The zero-order valence-electron chi connectivity index (χ0n) is 14.2. The van der Waals surface area contributed by atoms with Gasteiger partial charge in [0.25, 0.3) is 5.91 Å². The van der Waals surface area contributed by atoms with Crippen LogP contribution in [0.1, 0.15) is 40.6 Å². The molecule has 24 heavy (non-hydrogen) atoms. The molecule has 1 aliphatic heterocycles. The third kappa shape index (κ3) is 3.04. The summed E-state index contributed by atoms with van der Waals surface area (Å²) in [5.74, 6) is 1.27. The average Bonchev–Trinajstić information content (AvgIpc) is 3.10. The monoisotopic (exact) mass is 327 g/mol. The van der Waals surface area contributed by atoms with E-state index in [1.165, 1.54) is 0 Å². The molecule has 0 spiro atoms. The largest absolute Gasteiger partial charge is 0.493 e. The van der Waals surface area contributed by atoms with Crippen LogP contribution in [0.4, 0.5) is 0 Å². The van der Waals surface area contributed by atoms with Crippen molar-refractivity contribution in [3.05, 3.63) is 47.5 Å². The molecule has 0 bridgehead atoms. The molecule has 1 aromatic heterocycles. The highest BCUT2D eigenvalue weighted by Crippen LogP contribution is 2.37. The Balaban J connectivity index is 1.87. The Morgan fingerprint density at radius 3 is 2.62 bits per heavy atom. The van der Waals surface area contributed by atoms with Crippen LogP contribution in [0, 0.1) is 6.92 Å². The average molecular weight is 327 g/mol. The van der Waals surface area contributed by atoms with Crippen LogP contribution in [0.2, 0.25) is 0 Å². The molecule has 0 aliphatic carbocycles. The van der Waals surface area contributed by atoms with Crippen LogP contribution in [0.3, 0.4) is 0 Å². The number of rotatable bonds is 4. The highest BCUT2D eigenvalue weighted by Gasteiger charge is 2.31. The van der Waals surface area contributed by atoms with Gasteiger partial charge in [-0.1, -0.05) is 6.07 Å². The Morgan fingerprint density at radius 2 is 1.96 bits per heavy atom. The summed E-state index contributed by atoms with van der Waals surface area (Å²) in [5, 5.41) is 0. The van der Waals surface area contributed by atoms with Gasteiger partial charge in [0, 0.05) is 12.7 Å². The summed E-state index contributed by atoms with van der Waals surface area (Å²) in [5.41, 5.74) is 2.22. The smallest absolute Gasteiger partial charge is 0.274 e. The molecule has 2 aromatic rings. The molecule has 0 radical (unpaired) electrons. The van der Waals surface area contributed by atoms with Gasteiger partial charge in [0.2, 0.25) is 0 Å². The van der Waals surface area contributed by atoms with Gasteiger partial charge in [-0.3, -0.25) is 9.78 Å². The first-order chi connectivity index (χ1) is 11.6. The summed E-state index contributed by atoms with van der Waals surface area (Å²) in [6.45, 7) is 2.57. The summed E-state index contributed by atoms with van der Waals surface area (Å²) in [6, 6.07) is 5.82. The fraction of sp³-hybridized carbons (Fsp3) is 0.389.